The van der Waals surface area contributed by atoms with Gasteiger partial charge in [0.05, 0.1) is 24.7 Å². The lowest BCUT2D eigenvalue weighted by molar-refractivity contribution is 0.180. The first-order chi connectivity index (χ1) is 10.2. The van der Waals surface area contributed by atoms with Gasteiger partial charge in [0.2, 0.25) is 0 Å². The largest absolute Gasteiger partial charge is 0.381 e. The molecule has 1 saturated heterocycles. The van der Waals surface area contributed by atoms with Crippen molar-refractivity contribution in [2.75, 3.05) is 13.2 Å². The molecule has 0 aliphatic carbocycles. The number of aryl methyl sites for hydroxylation is 1. The van der Waals surface area contributed by atoms with Gasteiger partial charge in [-0.1, -0.05) is 39.5 Å². The van der Waals surface area contributed by atoms with Crippen LogP contribution >= 0.6 is 0 Å². The highest BCUT2D eigenvalue weighted by Gasteiger charge is 2.26. The highest BCUT2D eigenvalue weighted by Crippen LogP contribution is 2.26. The fourth-order valence-electron chi connectivity index (χ4n) is 3.06. The quantitative estimate of drug-likeness (QED) is 0.709. The number of nitrogens with zero attached hydrogens (tertiary/aromatic N) is 2. The molecule has 0 aromatic carbocycles. The van der Waals surface area contributed by atoms with E-state index in [0.29, 0.717) is 5.92 Å². The van der Waals surface area contributed by atoms with E-state index in [1.165, 1.54) is 37.8 Å². The van der Waals surface area contributed by atoms with Gasteiger partial charge in [-0.15, -0.1) is 0 Å². The fourth-order valence-corrected chi connectivity index (χ4v) is 3.06. The second-order valence-electron chi connectivity index (χ2n) is 6.76. The average Bonchev–Trinajstić information content (AvgIpc) is 3.12. The Bertz CT molecular complexity index is 396. The van der Waals surface area contributed by atoms with Gasteiger partial charge in [-0.2, -0.15) is 0 Å². The number of hydrogen-bond acceptors (Lipinski definition) is 3. The predicted octanol–water partition coefficient (Wildman–Crippen LogP) is 3.53. The Morgan fingerprint density at radius 3 is 2.86 bits per heavy atom. The second kappa shape index (κ2) is 8.54. The first-order valence-electron chi connectivity index (χ1n) is 8.52. The molecule has 2 N–H and O–H groups in total. The van der Waals surface area contributed by atoms with Crippen LogP contribution < -0.4 is 5.73 Å². The van der Waals surface area contributed by atoms with Crippen LogP contribution in [0.4, 0.5) is 0 Å². The zero-order valence-corrected chi connectivity index (χ0v) is 13.6. The van der Waals surface area contributed by atoms with Gasteiger partial charge >= 0.3 is 0 Å². The standard InChI is InChI=1S/C17H31N3O/c1-14(2)7-5-3-4-6-9-20-13-19-11-16(20)17(18)15-8-10-21-12-15/h11,13-15,17H,3-10,12,18H2,1-2H3. The lowest BCUT2D eigenvalue weighted by atomic mass is 9.97. The van der Waals surface area contributed by atoms with E-state index in [4.69, 9.17) is 10.5 Å². The molecule has 0 saturated carbocycles. The molecule has 4 heteroatoms. The van der Waals surface area contributed by atoms with Crippen molar-refractivity contribution in [3.8, 4) is 0 Å². The van der Waals surface area contributed by atoms with Crippen LogP contribution in [0.25, 0.3) is 0 Å². The molecule has 1 aromatic rings. The SMILES string of the molecule is CC(C)CCCCCCn1cncc1C(N)C1CCOC1. The summed E-state index contributed by atoms with van der Waals surface area (Å²) in [6, 6.07) is 0.0657. The molecule has 120 valence electrons. The first-order valence-corrected chi connectivity index (χ1v) is 8.52. The monoisotopic (exact) mass is 293 g/mol. The highest BCUT2D eigenvalue weighted by molar-refractivity contribution is 5.07. The fraction of sp³-hybridized carbons (Fsp3) is 0.824. The molecule has 0 amide bonds. The topological polar surface area (TPSA) is 53.1 Å². The molecule has 1 fully saturated rings. The number of imidazole rings is 1. The van der Waals surface area contributed by atoms with Gasteiger partial charge in [0, 0.05) is 25.3 Å². The van der Waals surface area contributed by atoms with E-state index in [-0.39, 0.29) is 6.04 Å². The van der Waals surface area contributed by atoms with Crippen LogP contribution in [0.2, 0.25) is 0 Å². The number of aromatic nitrogens is 2. The summed E-state index contributed by atoms with van der Waals surface area (Å²) in [4.78, 5) is 4.30. The summed E-state index contributed by atoms with van der Waals surface area (Å²) in [5.41, 5.74) is 7.56. The Labute approximate surface area is 129 Å². The summed E-state index contributed by atoms with van der Waals surface area (Å²) in [6.07, 6.45) is 11.5. The maximum absolute atomic E-state index is 6.39. The van der Waals surface area contributed by atoms with Crippen molar-refractivity contribution < 1.29 is 4.74 Å². The Kier molecular flexibility index (Phi) is 6.71. The Balaban J connectivity index is 1.72. The van der Waals surface area contributed by atoms with Crippen LogP contribution in [-0.4, -0.2) is 22.8 Å². The van der Waals surface area contributed by atoms with Crippen molar-refractivity contribution in [3.63, 3.8) is 0 Å². The molecule has 21 heavy (non-hydrogen) atoms. The summed E-state index contributed by atoms with van der Waals surface area (Å²) in [6.45, 7) is 7.28. The van der Waals surface area contributed by atoms with Crippen molar-refractivity contribution in [2.24, 2.45) is 17.6 Å². The lowest BCUT2D eigenvalue weighted by Gasteiger charge is -2.19. The van der Waals surface area contributed by atoms with Gasteiger partial charge < -0.3 is 15.0 Å². The molecular formula is C17H31N3O. The molecule has 1 aromatic heterocycles. The minimum atomic E-state index is 0.0657. The first kappa shape index (κ1) is 16.5. The van der Waals surface area contributed by atoms with Crippen LogP contribution in [0.15, 0.2) is 12.5 Å². The van der Waals surface area contributed by atoms with Gasteiger partial charge in [-0.05, 0) is 18.8 Å². The van der Waals surface area contributed by atoms with Crippen LogP contribution in [0.3, 0.4) is 0 Å². The summed E-state index contributed by atoms with van der Waals surface area (Å²) in [5.74, 6) is 1.28. The zero-order chi connectivity index (χ0) is 15.1. The van der Waals surface area contributed by atoms with Gasteiger partial charge in [-0.3, -0.25) is 0 Å². The molecule has 2 heterocycles. The molecular weight excluding hydrogens is 262 g/mol. The third-order valence-corrected chi connectivity index (χ3v) is 4.49. The smallest absolute Gasteiger partial charge is 0.0948 e. The van der Waals surface area contributed by atoms with E-state index >= 15 is 0 Å². The average molecular weight is 293 g/mol. The van der Waals surface area contributed by atoms with E-state index in [2.05, 4.69) is 23.4 Å². The van der Waals surface area contributed by atoms with E-state index < -0.39 is 0 Å². The maximum Gasteiger partial charge on any atom is 0.0948 e. The summed E-state index contributed by atoms with van der Waals surface area (Å²) < 4.78 is 7.69. The molecule has 1 aliphatic heterocycles. The molecule has 0 radical (unpaired) electrons. The van der Waals surface area contributed by atoms with Crippen LogP contribution in [0.5, 0.6) is 0 Å². The van der Waals surface area contributed by atoms with E-state index in [1.807, 2.05) is 12.5 Å². The van der Waals surface area contributed by atoms with Crippen molar-refractivity contribution >= 4 is 0 Å². The predicted molar refractivity (Wildman–Crippen MR) is 86.0 cm³/mol. The number of hydrogen-bond donors (Lipinski definition) is 1. The number of rotatable bonds is 9. The molecule has 0 spiro atoms. The van der Waals surface area contributed by atoms with Crippen molar-refractivity contribution in [1.82, 2.24) is 9.55 Å². The van der Waals surface area contributed by atoms with Gasteiger partial charge in [0.15, 0.2) is 0 Å². The molecule has 4 nitrogen and oxygen atoms in total. The van der Waals surface area contributed by atoms with Gasteiger partial charge in [-0.25, -0.2) is 4.98 Å². The van der Waals surface area contributed by atoms with Crippen molar-refractivity contribution in [1.29, 1.82) is 0 Å². The Morgan fingerprint density at radius 2 is 2.14 bits per heavy atom. The molecule has 1 aliphatic rings. The third-order valence-electron chi connectivity index (χ3n) is 4.49. The Hall–Kier alpha value is -0.870. The second-order valence-corrected chi connectivity index (χ2v) is 6.76. The molecule has 2 atom stereocenters. The van der Waals surface area contributed by atoms with E-state index in [1.54, 1.807) is 0 Å². The third kappa shape index (κ3) is 5.11. The van der Waals surface area contributed by atoms with E-state index in [0.717, 1.165) is 32.1 Å². The van der Waals surface area contributed by atoms with Crippen molar-refractivity contribution in [2.45, 2.75) is 65.0 Å². The van der Waals surface area contributed by atoms with Crippen molar-refractivity contribution in [3.05, 3.63) is 18.2 Å². The van der Waals surface area contributed by atoms with Gasteiger partial charge in [0.25, 0.3) is 0 Å². The maximum atomic E-state index is 6.39. The summed E-state index contributed by atoms with van der Waals surface area (Å²) >= 11 is 0. The molecule has 0 bridgehead atoms. The molecule has 2 unspecified atom stereocenters. The van der Waals surface area contributed by atoms with Crippen LogP contribution in [0, 0.1) is 11.8 Å². The number of nitrogens with two attached hydrogens (primary N) is 1. The van der Waals surface area contributed by atoms with Crippen LogP contribution in [0.1, 0.15) is 64.1 Å². The normalized spacial score (nSPS) is 20.3. The van der Waals surface area contributed by atoms with E-state index in [9.17, 15) is 0 Å². The lowest BCUT2D eigenvalue weighted by Crippen LogP contribution is -2.24. The number of ether oxygens (including phenoxy) is 1. The Morgan fingerprint density at radius 1 is 1.33 bits per heavy atom. The summed E-state index contributed by atoms with van der Waals surface area (Å²) in [7, 11) is 0. The number of unbranched alkanes of at least 4 members (excludes halogenated alkanes) is 3. The molecule has 2 rings (SSSR count). The van der Waals surface area contributed by atoms with Gasteiger partial charge in [0.1, 0.15) is 0 Å². The highest BCUT2D eigenvalue weighted by atomic mass is 16.5. The summed E-state index contributed by atoms with van der Waals surface area (Å²) in [5, 5.41) is 0. The minimum absolute atomic E-state index is 0.0657. The zero-order valence-electron chi connectivity index (χ0n) is 13.6. The van der Waals surface area contributed by atoms with Crippen LogP contribution in [-0.2, 0) is 11.3 Å². The minimum Gasteiger partial charge on any atom is -0.381 e.